The highest BCUT2D eigenvalue weighted by molar-refractivity contribution is 5.46. The van der Waals surface area contributed by atoms with Crippen molar-refractivity contribution in [3.8, 4) is 11.5 Å². The van der Waals surface area contributed by atoms with E-state index in [-0.39, 0.29) is 6.10 Å². The molecule has 1 atom stereocenters. The van der Waals surface area contributed by atoms with Crippen molar-refractivity contribution in [3.63, 3.8) is 0 Å². The molecule has 1 aromatic carbocycles. The zero-order chi connectivity index (χ0) is 18.4. The fourth-order valence-corrected chi connectivity index (χ4v) is 3.50. The van der Waals surface area contributed by atoms with E-state index in [1.165, 1.54) is 0 Å². The van der Waals surface area contributed by atoms with Gasteiger partial charge < -0.3 is 14.2 Å². The third-order valence-corrected chi connectivity index (χ3v) is 4.70. The number of ether oxygens (including phenoxy) is 3. The van der Waals surface area contributed by atoms with Crippen molar-refractivity contribution in [1.82, 2.24) is 9.88 Å². The highest BCUT2D eigenvalue weighted by Crippen LogP contribution is 2.32. The number of aryl methyl sites for hydroxylation is 1. The largest absolute Gasteiger partial charge is 0.493 e. The van der Waals surface area contributed by atoms with Gasteiger partial charge in [-0.05, 0) is 38.0 Å². The Kier molecular flexibility index (Phi) is 6.47. The van der Waals surface area contributed by atoms with Crippen LogP contribution in [0.2, 0.25) is 0 Å². The van der Waals surface area contributed by atoms with Gasteiger partial charge in [0.15, 0.2) is 11.5 Å². The zero-order valence-corrected chi connectivity index (χ0v) is 15.9. The molecule has 0 radical (unpaired) electrons. The molecule has 2 aromatic rings. The van der Waals surface area contributed by atoms with Crippen molar-refractivity contribution in [2.75, 3.05) is 27.4 Å². The van der Waals surface area contributed by atoms with E-state index in [1.807, 2.05) is 25.1 Å². The second-order valence-corrected chi connectivity index (χ2v) is 6.73. The van der Waals surface area contributed by atoms with Crippen molar-refractivity contribution in [3.05, 3.63) is 53.3 Å². The van der Waals surface area contributed by atoms with Gasteiger partial charge in [0.05, 0.1) is 26.0 Å². The van der Waals surface area contributed by atoms with Crippen molar-refractivity contribution in [2.24, 2.45) is 0 Å². The summed E-state index contributed by atoms with van der Waals surface area (Å²) in [4.78, 5) is 7.05. The molecule has 5 heteroatoms. The average Bonchev–Trinajstić information content (AvgIpc) is 3.14. The average molecular weight is 356 g/mol. The molecular weight excluding hydrogens is 328 g/mol. The topological polar surface area (TPSA) is 43.8 Å². The van der Waals surface area contributed by atoms with E-state index in [0.29, 0.717) is 0 Å². The maximum absolute atomic E-state index is 5.87. The predicted molar refractivity (Wildman–Crippen MR) is 102 cm³/mol. The molecule has 0 amide bonds. The standard InChI is InChI=1S/C21H28N2O3/c1-16-7-4-9-18(22-16)14-23(15-19-10-6-12-26-19)13-17-8-5-11-20(24-2)21(17)25-3/h4-5,7-9,11,19H,6,10,12-15H2,1-3H3. The molecule has 1 aliphatic rings. The summed E-state index contributed by atoms with van der Waals surface area (Å²) >= 11 is 0. The molecule has 5 nitrogen and oxygen atoms in total. The molecule has 0 N–H and O–H groups in total. The first-order chi connectivity index (χ1) is 12.7. The second kappa shape index (κ2) is 9.01. The maximum atomic E-state index is 5.87. The van der Waals surface area contributed by atoms with Crippen LogP contribution in [0, 0.1) is 6.92 Å². The van der Waals surface area contributed by atoms with Crippen molar-refractivity contribution in [1.29, 1.82) is 0 Å². The molecule has 1 unspecified atom stereocenters. The van der Waals surface area contributed by atoms with Crippen LogP contribution in [0.5, 0.6) is 11.5 Å². The summed E-state index contributed by atoms with van der Waals surface area (Å²) in [5.41, 5.74) is 3.22. The normalized spacial score (nSPS) is 16.8. The molecule has 0 spiro atoms. The third-order valence-electron chi connectivity index (χ3n) is 4.70. The Labute approximate surface area is 155 Å². The van der Waals surface area contributed by atoms with Crippen LogP contribution in [0.25, 0.3) is 0 Å². The quantitative estimate of drug-likeness (QED) is 0.723. The number of methoxy groups -OCH3 is 2. The monoisotopic (exact) mass is 356 g/mol. The number of aromatic nitrogens is 1. The lowest BCUT2D eigenvalue weighted by molar-refractivity contribution is 0.0671. The molecular formula is C21H28N2O3. The van der Waals surface area contributed by atoms with Gasteiger partial charge in [-0.15, -0.1) is 0 Å². The summed E-state index contributed by atoms with van der Waals surface area (Å²) in [5.74, 6) is 1.56. The first-order valence-electron chi connectivity index (χ1n) is 9.16. The Hall–Kier alpha value is -2.11. The van der Waals surface area contributed by atoms with E-state index in [4.69, 9.17) is 14.2 Å². The SMILES string of the molecule is COc1cccc(CN(Cc2cccc(C)n2)CC2CCCO2)c1OC. The lowest BCUT2D eigenvalue weighted by Crippen LogP contribution is -2.32. The molecule has 0 saturated carbocycles. The number of para-hydroxylation sites is 1. The summed E-state index contributed by atoms with van der Waals surface area (Å²) in [6.45, 7) is 5.32. The summed E-state index contributed by atoms with van der Waals surface area (Å²) in [6, 6.07) is 12.2. The van der Waals surface area contributed by atoms with Gasteiger partial charge in [0.2, 0.25) is 0 Å². The van der Waals surface area contributed by atoms with Crippen LogP contribution in [0.15, 0.2) is 36.4 Å². The van der Waals surface area contributed by atoms with Crippen LogP contribution in [0.1, 0.15) is 29.8 Å². The summed E-state index contributed by atoms with van der Waals surface area (Å²) in [7, 11) is 3.36. The molecule has 1 saturated heterocycles. The molecule has 1 aromatic heterocycles. The van der Waals surface area contributed by atoms with E-state index >= 15 is 0 Å². The summed E-state index contributed by atoms with van der Waals surface area (Å²) in [6.07, 6.45) is 2.55. The van der Waals surface area contributed by atoms with Gasteiger partial charge in [-0.3, -0.25) is 9.88 Å². The molecule has 1 aliphatic heterocycles. The van der Waals surface area contributed by atoms with Gasteiger partial charge in [0.1, 0.15) is 0 Å². The number of hydrogen-bond donors (Lipinski definition) is 0. The van der Waals surface area contributed by atoms with E-state index < -0.39 is 0 Å². The third kappa shape index (κ3) is 4.74. The molecule has 26 heavy (non-hydrogen) atoms. The van der Waals surface area contributed by atoms with Gasteiger partial charge in [0.25, 0.3) is 0 Å². The van der Waals surface area contributed by atoms with Crippen molar-refractivity contribution >= 4 is 0 Å². The first-order valence-corrected chi connectivity index (χ1v) is 9.16. The van der Waals surface area contributed by atoms with Crippen LogP contribution in [-0.4, -0.2) is 43.4 Å². The number of nitrogens with zero attached hydrogens (tertiary/aromatic N) is 2. The number of pyridine rings is 1. The maximum Gasteiger partial charge on any atom is 0.165 e. The molecule has 140 valence electrons. The molecule has 0 aliphatic carbocycles. The Morgan fingerprint density at radius 1 is 1.12 bits per heavy atom. The lowest BCUT2D eigenvalue weighted by atomic mass is 10.1. The van der Waals surface area contributed by atoms with E-state index in [1.54, 1.807) is 14.2 Å². The van der Waals surface area contributed by atoms with E-state index in [9.17, 15) is 0 Å². The van der Waals surface area contributed by atoms with Crippen LogP contribution >= 0.6 is 0 Å². The second-order valence-electron chi connectivity index (χ2n) is 6.73. The minimum absolute atomic E-state index is 0.288. The predicted octanol–water partition coefficient (Wildman–Crippen LogP) is 3.59. The van der Waals surface area contributed by atoms with Crippen LogP contribution in [0.3, 0.4) is 0 Å². The van der Waals surface area contributed by atoms with Gasteiger partial charge in [0, 0.05) is 37.5 Å². The molecule has 3 rings (SSSR count). The van der Waals surface area contributed by atoms with Crippen molar-refractivity contribution < 1.29 is 14.2 Å². The highest BCUT2D eigenvalue weighted by Gasteiger charge is 2.21. The molecule has 1 fully saturated rings. The minimum atomic E-state index is 0.288. The number of rotatable bonds is 8. The number of benzene rings is 1. The van der Waals surface area contributed by atoms with Gasteiger partial charge in [-0.1, -0.05) is 18.2 Å². The van der Waals surface area contributed by atoms with Crippen LogP contribution < -0.4 is 9.47 Å². The smallest absolute Gasteiger partial charge is 0.165 e. The minimum Gasteiger partial charge on any atom is -0.493 e. The van der Waals surface area contributed by atoms with Gasteiger partial charge in [-0.25, -0.2) is 0 Å². The van der Waals surface area contributed by atoms with E-state index in [0.717, 1.165) is 67.5 Å². The number of hydrogen-bond acceptors (Lipinski definition) is 5. The van der Waals surface area contributed by atoms with Crippen LogP contribution in [0.4, 0.5) is 0 Å². The lowest BCUT2D eigenvalue weighted by Gasteiger charge is -2.26. The Balaban J connectivity index is 1.80. The van der Waals surface area contributed by atoms with E-state index in [2.05, 4.69) is 28.1 Å². The van der Waals surface area contributed by atoms with Crippen LogP contribution in [-0.2, 0) is 17.8 Å². The first kappa shape index (κ1) is 18.7. The molecule has 0 bridgehead atoms. The Morgan fingerprint density at radius 2 is 1.96 bits per heavy atom. The Morgan fingerprint density at radius 3 is 2.65 bits per heavy atom. The highest BCUT2D eigenvalue weighted by atomic mass is 16.5. The summed E-state index contributed by atoms with van der Waals surface area (Å²) in [5, 5.41) is 0. The van der Waals surface area contributed by atoms with Crippen molar-refractivity contribution in [2.45, 2.75) is 39.0 Å². The Bertz CT molecular complexity index is 714. The van der Waals surface area contributed by atoms with Gasteiger partial charge >= 0.3 is 0 Å². The fourth-order valence-electron chi connectivity index (χ4n) is 3.50. The summed E-state index contributed by atoms with van der Waals surface area (Å²) < 4.78 is 16.9. The zero-order valence-electron chi connectivity index (χ0n) is 15.9. The molecule has 2 heterocycles. The fraction of sp³-hybridized carbons (Fsp3) is 0.476. The van der Waals surface area contributed by atoms with Gasteiger partial charge in [-0.2, -0.15) is 0 Å².